The molecule has 20 heavy (non-hydrogen) atoms. The second kappa shape index (κ2) is 9.03. The van der Waals surface area contributed by atoms with E-state index in [1.54, 1.807) is 0 Å². The van der Waals surface area contributed by atoms with E-state index in [4.69, 9.17) is 0 Å². The van der Waals surface area contributed by atoms with Crippen molar-refractivity contribution in [3.63, 3.8) is 0 Å². The number of rotatable bonds is 6. The molecular formula is C15H28N3NaO. The van der Waals surface area contributed by atoms with E-state index in [9.17, 15) is 5.11 Å². The summed E-state index contributed by atoms with van der Waals surface area (Å²) in [4.78, 5) is 6.30. The van der Waals surface area contributed by atoms with Crippen LogP contribution in [0.1, 0.15) is 18.1 Å². The Bertz CT molecular complexity index is 394. The molecule has 0 aliphatic carbocycles. The summed E-state index contributed by atoms with van der Waals surface area (Å²) in [5.74, 6) is 0.435. The molecule has 1 aromatic carbocycles. The molecule has 0 amide bonds. The SMILES string of the molecule is CN(C)Cc1cc(CN(C)C)c(O)c(CN(C)C)c1.[H-].[Na+]. The molecule has 0 aliphatic rings. The molecule has 0 unspecified atom stereocenters. The average molecular weight is 289 g/mol. The van der Waals surface area contributed by atoms with Crippen molar-refractivity contribution in [1.29, 1.82) is 0 Å². The molecule has 0 radical (unpaired) electrons. The van der Waals surface area contributed by atoms with Crippen molar-refractivity contribution in [3.8, 4) is 5.75 Å². The van der Waals surface area contributed by atoms with Crippen molar-refractivity contribution in [2.75, 3.05) is 42.3 Å². The van der Waals surface area contributed by atoms with E-state index in [2.05, 4.69) is 40.9 Å². The van der Waals surface area contributed by atoms with Crippen molar-refractivity contribution in [3.05, 3.63) is 28.8 Å². The summed E-state index contributed by atoms with van der Waals surface area (Å²) in [6.45, 7) is 2.40. The molecule has 0 spiro atoms. The van der Waals surface area contributed by atoms with Crippen LogP contribution in [0.15, 0.2) is 12.1 Å². The van der Waals surface area contributed by atoms with Crippen LogP contribution in [-0.4, -0.2) is 62.1 Å². The molecule has 110 valence electrons. The van der Waals surface area contributed by atoms with Gasteiger partial charge in [0.25, 0.3) is 0 Å². The van der Waals surface area contributed by atoms with E-state index in [0.717, 1.165) is 30.8 Å². The normalized spacial score (nSPS) is 11.2. The zero-order valence-electron chi connectivity index (χ0n) is 15.1. The molecule has 1 rings (SSSR count). The molecule has 0 saturated carbocycles. The molecule has 1 N–H and O–H groups in total. The van der Waals surface area contributed by atoms with Crippen LogP contribution in [0.2, 0.25) is 0 Å². The van der Waals surface area contributed by atoms with E-state index < -0.39 is 0 Å². The third kappa shape index (κ3) is 6.57. The van der Waals surface area contributed by atoms with Crippen LogP contribution < -0.4 is 29.6 Å². The maximum absolute atomic E-state index is 10.4. The van der Waals surface area contributed by atoms with Gasteiger partial charge in [-0.1, -0.05) is 0 Å². The summed E-state index contributed by atoms with van der Waals surface area (Å²) in [5, 5.41) is 10.4. The van der Waals surface area contributed by atoms with E-state index in [1.165, 1.54) is 5.56 Å². The summed E-state index contributed by atoms with van der Waals surface area (Å²) in [6, 6.07) is 4.21. The fourth-order valence-corrected chi connectivity index (χ4v) is 2.21. The Labute approximate surface area is 147 Å². The van der Waals surface area contributed by atoms with Crippen LogP contribution in [0.25, 0.3) is 0 Å². The maximum atomic E-state index is 10.4. The molecule has 0 aliphatic heterocycles. The second-order valence-electron chi connectivity index (χ2n) is 5.98. The summed E-state index contributed by atoms with van der Waals surface area (Å²) >= 11 is 0. The summed E-state index contributed by atoms with van der Waals surface area (Å²) in [6.07, 6.45) is 0. The van der Waals surface area contributed by atoms with Gasteiger partial charge in [0.1, 0.15) is 5.75 Å². The van der Waals surface area contributed by atoms with Crippen LogP contribution in [-0.2, 0) is 19.6 Å². The molecule has 1 aromatic rings. The fraction of sp³-hybridized carbons (Fsp3) is 0.600. The third-order valence-corrected chi connectivity index (χ3v) is 2.80. The molecule has 4 nitrogen and oxygen atoms in total. The van der Waals surface area contributed by atoms with Gasteiger partial charge >= 0.3 is 29.6 Å². The van der Waals surface area contributed by atoms with E-state index in [0.29, 0.717) is 5.75 Å². The molecule has 0 heterocycles. The van der Waals surface area contributed by atoms with Gasteiger partial charge in [-0.05, 0) is 60.0 Å². The number of hydrogen-bond acceptors (Lipinski definition) is 4. The number of aromatic hydroxyl groups is 1. The predicted molar refractivity (Wildman–Crippen MR) is 81.4 cm³/mol. The number of hydrogen-bond donors (Lipinski definition) is 1. The first kappa shape index (κ1) is 19.9. The van der Waals surface area contributed by atoms with Crippen LogP contribution in [0.3, 0.4) is 0 Å². The van der Waals surface area contributed by atoms with Gasteiger partial charge in [-0.2, -0.15) is 0 Å². The third-order valence-electron chi connectivity index (χ3n) is 2.80. The second-order valence-corrected chi connectivity index (χ2v) is 5.98. The summed E-state index contributed by atoms with van der Waals surface area (Å²) < 4.78 is 0. The Balaban J connectivity index is 0. The molecule has 0 aromatic heterocycles. The maximum Gasteiger partial charge on any atom is 1.00 e. The van der Waals surface area contributed by atoms with Crippen molar-refractivity contribution < 1.29 is 36.1 Å². The zero-order chi connectivity index (χ0) is 14.6. The fourth-order valence-electron chi connectivity index (χ4n) is 2.21. The largest absolute Gasteiger partial charge is 1.00 e. The van der Waals surface area contributed by atoms with Crippen LogP contribution in [0.4, 0.5) is 0 Å². The van der Waals surface area contributed by atoms with Gasteiger partial charge in [0.15, 0.2) is 0 Å². The number of benzene rings is 1. The van der Waals surface area contributed by atoms with E-state index in [1.807, 2.05) is 28.2 Å². The minimum atomic E-state index is 0. The van der Waals surface area contributed by atoms with Gasteiger partial charge in [0.05, 0.1) is 0 Å². The quantitative estimate of drug-likeness (QED) is 0.659. The van der Waals surface area contributed by atoms with E-state index in [-0.39, 0.29) is 31.0 Å². The first-order valence-electron chi connectivity index (χ1n) is 6.57. The number of phenols is 1. The van der Waals surface area contributed by atoms with Gasteiger partial charge < -0.3 is 21.2 Å². The molecular weight excluding hydrogens is 261 g/mol. The van der Waals surface area contributed by atoms with Gasteiger partial charge in [0, 0.05) is 30.8 Å². The average Bonchev–Trinajstić information content (AvgIpc) is 2.22. The van der Waals surface area contributed by atoms with Gasteiger partial charge in [-0.15, -0.1) is 0 Å². The smallest absolute Gasteiger partial charge is 1.00 e. The van der Waals surface area contributed by atoms with Crippen molar-refractivity contribution in [2.24, 2.45) is 0 Å². The minimum absolute atomic E-state index is 0. The predicted octanol–water partition coefficient (Wildman–Crippen LogP) is -1.31. The molecule has 0 fully saturated rings. The summed E-state index contributed by atoms with van der Waals surface area (Å²) in [7, 11) is 12.2. The Morgan fingerprint density at radius 3 is 1.45 bits per heavy atom. The first-order valence-corrected chi connectivity index (χ1v) is 6.57. The van der Waals surface area contributed by atoms with Crippen LogP contribution in [0.5, 0.6) is 5.75 Å². The Morgan fingerprint density at radius 1 is 0.800 bits per heavy atom. The monoisotopic (exact) mass is 289 g/mol. The number of phenolic OH excluding ortho intramolecular Hbond substituents is 1. The Morgan fingerprint density at radius 2 is 1.15 bits per heavy atom. The Kier molecular flexibility index (Phi) is 8.98. The topological polar surface area (TPSA) is 30.0 Å². The minimum Gasteiger partial charge on any atom is -1.00 e. The molecule has 0 atom stereocenters. The molecule has 0 saturated heterocycles. The standard InChI is InChI=1S/C15H27N3O.Na.H/c1-16(2)9-12-7-13(10-17(3)4)15(19)14(8-12)11-18(5)6;;/h7-8,19H,9-11H2,1-6H3;;/q;+1;-1. The Hall–Kier alpha value is -0.100. The van der Waals surface area contributed by atoms with E-state index >= 15 is 0 Å². The zero-order valence-corrected chi connectivity index (χ0v) is 16.1. The number of nitrogens with zero attached hydrogens (tertiary/aromatic N) is 3. The van der Waals surface area contributed by atoms with Gasteiger partial charge in [-0.3, -0.25) is 0 Å². The van der Waals surface area contributed by atoms with Crippen molar-refractivity contribution in [1.82, 2.24) is 14.7 Å². The van der Waals surface area contributed by atoms with Crippen LogP contribution >= 0.6 is 0 Å². The van der Waals surface area contributed by atoms with Gasteiger partial charge in [-0.25, -0.2) is 0 Å². The van der Waals surface area contributed by atoms with Crippen molar-refractivity contribution in [2.45, 2.75) is 19.6 Å². The van der Waals surface area contributed by atoms with Gasteiger partial charge in [0.2, 0.25) is 0 Å². The molecule has 0 bridgehead atoms. The summed E-state index contributed by atoms with van der Waals surface area (Å²) in [5.41, 5.74) is 3.25. The first-order chi connectivity index (χ1) is 8.79. The van der Waals surface area contributed by atoms with Crippen LogP contribution in [0, 0.1) is 0 Å². The van der Waals surface area contributed by atoms with Crippen molar-refractivity contribution >= 4 is 0 Å². The molecule has 5 heteroatoms.